The van der Waals surface area contributed by atoms with Crippen molar-refractivity contribution < 1.29 is 9.21 Å². The maximum Gasteiger partial charge on any atom is 0.224 e. The van der Waals surface area contributed by atoms with Crippen molar-refractivity contribution in [1.82, 2.24) is 9.80 Å². The summed E-state index contributed by atoms with van der Waals surface area (Å²) in [6.07, 6.45) is 0.655. The van der Waals surface area contributed by atoms with Crippen molar-refractivity contribution in [3.8, 4) is 0 Å². The van der Waals surface area contributed by atoms with E-state index in [1.165, 1.54) is 9.75 Å². The van der Waals surface area contributed by atoms with E-state index in [-0.39, 0.29) is 11.3 Å². The second-order valence-corrected chi connectivity index (χ2v) is 10.3. The molecule has 3 heterocycles. The van der Waals surface area contributed by atoms with Gasteiger partial charge in [0.1, 0.15) is 16.9 Å². The Bertz CT molecular complexity index is 726. The maximum atomic E-state index is 12.4. The SMILES string of the molecule is Cc1ccc(C2SCCC(=O)N2CCSCc2ccc(CN(C)C)o2)s1. The summed E-state index contributed by atoms with van der Waals surface area (Å²) in [4.78, 5) is 19.2. The summed E-state index contributed by atoms with van der Waals surface area (Å²) in [5, 5.41) is 0.186. The topological polar surface area (TPSA) is 36.7 Å². The average molecular weight is 411 g/mol. The molecule has 1 unspecified atom stereocenters. The molecule has 0 aliphatic carbocycles. The highest BCUT2D eigenvalue weighted by atomic mass is 32.2. The Kier molecular flexibility index (Phi) is 7.14. The molecule has 26 heavy (non-hydrogen) atoms. The van der Waals surface area contributed by atoms with Crippen LogP contribution in [0.15, 0.2) is 28.7 Å². The lowest BCUT2D eigenvalue weighted by Gasteiger charge is -2.34. The first-order valence-corrected chi connectivity index (χ1v) is 11.8. The summed E-state index contributed by atoms with van der Waals surface area (Å²) >= 11 is 5.52. The number of rotatable bonds is 8. The average Bonchev–Trinajstić information content (AvgIpc) is 3.21. The van der Waals surface area contributed by atoms with Gasteiger partial charge >= 0.3 is 0 Å². The Balaban J connectivity index is 1.50. The largest absolute Gasteiger partial charge is 0.464 e. The van der Waals surface area contributed by atoms with Crippen LogP contribution in [-0.4, -0.2) is 47.9 Å². The lowest BCUT2D eigenvalue weighted by molar-refractivity contribution is -0.131. The minimum absolute atomic E-state index is 0.186. The van der Waals surface area contributed by atoms with Gasteiger partial charge in [0.05, 0.1) is 12.3 Å². The summed E-state index contributed by atoms with van der Waals surface area (Å²) in [7, 11) is 4.08. The zero-order chi connectivity index (χ0) is 18.5. The van der Waals surface area contributed by atoms with E-state index in [0.29, 0.717) is 6.42 Å². The number of aryl methyl sites for hydroxylation is 1. The summed E-state index contributed by atoms with van der Waals surface area (Å²) in [6.45, 7) is 3.74. The molecule has 0 bridgehead atoms. The number of thiophene rings is 1. The molecule has 1 saturated heterocycles. The number of carbonyl (C=O) groups excluding carboxylic acids is 1. The third-order valence-corrected chi connectivity index (χ3v) is 7.54. The number of carbonyl (C=O) groups is 1. The molecule has 0 N–H and O–H groups in total. The number of amides is 1. The van der Waals surface area contributed by atoms with E-state index in [1.807, 2.05) is 37.6 Å². The van der Waals surface area contributed by atoms with Gasteiger partial charge in [-0.15, -0.1) is 23.1 Å². The van der Waals surface area contributed by atoms with Crippen molar-refractivity contribution in [2.24, 2.45) is 0 Å². The first-order valence-electron chi connectivity index (χ1n) is 8.80. The van der Waals surface area contributed by atoms with Gasteiger partial charge in [0.15, 0.2) is 0 Å². The predicted molar refractivity (Wildman–Crippen MR) is 113 cm³/mol. The van der Waals surface area contributed by atoms with Crippen LogP contribution < -0.4 is 0 Å². The lowest BCUT2D eigenvalue weighted by Crippen LogP contribution is -2.38. The fourth-order valence-corrected chi connectivity index (χ4v) is 6.13. The molecule has 7 heteroatoms. The van der Waals surface area contributed by atoms with Crippen LogP contribution in [0.5, 0.6) is 0 Å². The van der Waals surface area contributed by atoms with Crippen molar-refractivity contribution >= 4 is 40.8 Å². The summed E-state index contributed by atoms with van der Waals surface area (Å²) < 4.78 is 5.86. The normalized spacial score (nSPS) is 18.1. The van der Waals surface area contributed by atoms with Crippen LogP contribution in [-0.2, 0) is 17.1 Å². The maximum absolute atomic E-state index is 12.4. The second-order valence-electron chi connectivity index (χ2n) is 6.67. The van der Waals surface area contributed by atoms with Crippen LogP contribution >= 0.6 is 34.9 Å². The zero-order valence-corrected chi connectivity index (χ0v) is 18.0. The predicted octanol–water partition coefficient (Wildman–Crippen LogP) is 4.61. The Labute approximate surface area is 168 Å². The fraction of sp³-hybridized carbons (Fsp3) is 0.526. The number of hydrogen-bond donors (Lipinski definition) is 0. The van der Waals surface area contributed by atoms with Crippen molar-refractivity contribution in [2.45, 2.75) is 31.0 Å². The van der Waals surface area contributed by atoms with Gasteiger partial charge in [-0.25, -0.2) is 0 Å². The third kappa shape index (κ3) is 5.31. The standard InChI is InChI=1S/C19H26N2O2S3/c1-14-4-7-17(26-14)19-21(18(22)8-10-25-19)9-11-24-13-16-6-5-15(23-16)12-20(2)3/h4-7,19H,8-13H2,1-3H3. The fourth-order valence-electron chi connectivity index (χ4n) is 2.92. The highest BCUT2D eigenvalue weighted by Gasteiger charge is 2.30. The Hall–Kier alpha value is -0.890. The second kappa shape index (κ2) is 9.35. The highest BCUT2D eigenvalue weighted by Crippen LogP contribution is 2.40. The molecule has 3 rings (SSSR count). The van der Waals surface area contributed by atoms with E-state index in [1.54, 1.807) is 11.3 Å². The molecule has 1 amide bonds. The molecule has 1 aliphatic heterocycles. The Morgan fingerprint density at radius 1 is 1.27 bits per heavy atom. The monoisotopic (exact) mass is 410 g/mol. The molecule has 2 aromatic heterocycles. The van der Waals surface area contributed by atoms with Gasteiger partial charge in [0.25, 0.3) is 0 Å². The molecular formula is C19H26N2O2S3. The van der Waals surface area contributed by atoms with Crippen LogP contribution in [0.25, 0.3) is 0 Å². The van der Waals surface area contributed by atoms with Crippen LogP contribution in [0, 0.1) is 6.92 Å². The summed E-state index contributed by atoms with van der Waals surface area (Å²) in [6, 6.07) is 8.43. The molecule has 4 nitrogen and oxygen atoms in total. The molecule has 142 valence electrons. The molecule has 1 aliphatic rings. The number of hydrogen-bond acceptors (Lipinski definition) is 6. The minimum Gasteiger partial charge on any atom is -0.464 e. The van der Waals surface area contributed by atoms with E-state index in [0.717, 1.165) is 41.9 Å². The number of nitrogens with zero attached hydrogens (tertiary/aromatic N) is 2. The van der Waals surface area contributed by atoms with Crippen LogP contribution in [0.1, 0.15) is 33.1 Å². The molecule has 0 aromatic carbocycles. The van der Waals surface area contributed by atoms with Crippen LogP contribution in [0.3, 0.4) is 0 Å². The lowest BCUT2D eigenvalue weighted by atomic mass is 10.3. The molecule has 1 fully saturated rings. The first kappa shape index (κ1) is 19.9. The smallest absolute Gasteiger partial charge is 0.224 e. The van der Waals surface area contributed by atoms with Gasteiger partial charge in [0, 0.05) is 34.2 Å². The minimum atomic E-state index is 0.186. The van der Waals surface area contributed by atoms with E-state index in [2.05, 4.69) is 41.0 Å². The van der Waals surface area contributed by atoms with Crippen molar-refractivity contribution in [1.29, 1.82) is 0 Å². The van der Waals surface area contributed by atoms with Gasteiger partial charge in [-0.2, -0.15) is 11.8 Å². The van der Waals surface area contributed by atoms with E-state index < -0.39 is 0 Å². The molecular weight excluding hydrogens is 384 g/mol. The van der Waals surface area contributed by atoms with Crippen molar-refractivity contribution in [3.63, 3.8) is 0 Å². The van der Waals surface area contributed by atoms with Gasteiger partial charge in [-0.1, -0.05) is 0 Å². The number of furan rings is 1. The van der Waals surface area contributed by atoms with Gasteiger partial charge < -0.3 is 14.2 Å². The molecule has 0 saturated carbocycles. The van der Waals surface area contributed by atoms with E-state index in [4.69, 9.17) is 4.42 Å². The van der Waals surface area contributed by atoms with Crippen molar-refractivity contribution in [3.05, 3.63) is 45.5 Å². The van der Waals surface area contributed by atoms with E-state index >= 15 is 0 Å². The molecule has 1 atom stereocenters. The van der Waals surface area contributed by atoms with Crippen LogP contribution in [0.2, 0.25) is 0 Å². The zero-order valence-electron chi connectivity index (χ0n) is 15.6. The quantitative estimate of drug-likeness (QED) is 0.594. The van der Waals surface area contributed by atoms with Gasteiger partial charge in [-0.05, 0) is 45.3 Å². The van der Waals surface area contributed by atoms with Gasteiger partial charge in [-0.3, -0.25) is 4.79 Å². The van der Waals surface area contributed by atoms with Crippen LogP contribution in [0.4, 0.5) is 0 Å². The molecule has 0 spiro atoms. The van der Waals surface area contributed by atoms with E-state index in [9.17, 15) is 4.79 Å². The molecule has 0 radical (unpaired) electrons. The third-order valence-electron chi connectivity index (χ3n) is 4.11. The van der Waals surface area contributed by atoms with Crippen molar-refractivity contribution in [2.75, 3.05) is 32.1 Å². The summed E-state index contributed by atoms with van der Waals surface area (Å²) in [5.41, 5.74) is 0. The summed E-state index contributed by atoms with van der Waals surface area (Å²) in [5.74, 6) is 5.00. The Morgan fingerprint density at radius 2 is 2.08 bits per heavy atom. The van der Waals surface area contributed by atoms with Gasteiger partial charge in [0.2, 0.25) is 5.91 Å². The first-order chi connectivity index (χ1) is 12.5. The Morgan fingerprint density at radius 3 is 2.81 bits per heavy atom. The number of thioether (sulfide) groups is 2. The highest BCUT2D eigenvalue weighted by molar-refractivity contribution is 7.99. The molecule has 2 aromatic rings.